The molecule has 0 bridgehead atoms. The van der Waals surface area contributed by atoms with Crippen molar-refractivity contribution in [3.63, 3.8) is 0 Å². The van der Waals surface area contributed by atoms with Gasteiger partial charge in [-0.1, -0.05) is 30.3 Å². The maximum Gasteiger partial charge on any atom is 0.410 e. The molecule has 0 saturated heterocycles. The van der Waals surface area contributed by atoms with Crippen LogP contribution in [0.25, 0.3) is 0 Å². The van der Waals surface area contributed by atoms with Crippen LogP contribution in [0.1, 0.15) is 26.3 Å². The van der Waals surface area contributed by atoms with Crippen molar-refractivity contribution in [1.29, 1.82) is 0 Å². The first-order chi connectivity index (χ1) is 11.7. The van der Waals surface area contributed by atoms with E-state index in [1.54, 1.807) is 27.8 Å². The average molecular weight is 354 g/mol. The molecular formula is C18H27FN2O4. The summed E-state index contributed by atoms with van der Waals surface area (Å²) in [5.74, 6) is 0. The summed E-state index contributed by atoms with van der Waals surface area (Å²) in [6, 6.07) is 9.33. The monoisotopic (exact) mass is 354 g/mol. The van der Waals surface area contributed by atoms with Gasteiger partial charge in [-0.3, -0.25) is 0 Å². The standard InChI is InChI=1S/C18H27FN2O4/c1-18(2,3)25-17(23)21(11-10-19)13-12-20(4)16(22)24-14-15-8-6-5-7-9-15/h5-9H,10-14H2,1-4H3. The highest BCUT2D eigenvalue weighted by molar-refractivity contribution is 5.69. The predicted molar refractivity (Wildman–Crippen MR) is 93.0 cm³/mol. The second kappa shape index (κ2) is 9.86. The van der Waals surface area contributed by atoms with Gasteiger partial charge in [0.05, 0.1) is 6.54 Å². The number of nitrogens with zero attached hydrogens (tertiary/aromatic N) is 2. The van der Waals surface area contributed by atoms with Crippen LogP contribution in [0.5, 0.6) is 0 Å². The summed E-state index contributed by atoms with van der Waals surface area (Å²) in [6.07, 6.45) is -1.11. The molecule has 0 atom stereocenters. The number of carbonyl (C=O) groups excluding carboxylic acids is 2. The Labute approximate surface area is 148 Å². The second-order valence-electron chi connectivity index (χ2n) is 6.62. The van der Waals surface area contributed by atoms with Crippen LogP contribution in [0.15, 0.2) is 30.3 Å². The molecule has 0 unspecified atom stereocenters. The molecule has 25 heavy (non-hydrogen) atoms. The zero-order valence-electron chi connectivity index (χ0n) is 15.3. The zero-order valence-corrected chi connectivity index (χ0v) is 15.3. The maximum absolute atomic E-state index is 12.7. The lowest BCUT2D eigenvalue weighted by molar-refractivity contribution is 0.0219. The first-order valence-corrected chi connectivity index (χ1v) is 8.18. The van der Waals surface area contributed by atoms with Gasteiger partial charge in [-0.15, -0.1) is 0 Å². The van der Waals surface area contributed by atoms with Gasteiger partial charge in [0.25, 0.3) is 0 Å². The van der Waals surface area contributed by atoms with Gasteiger partial charge in [0.1, 0.15) is 18.9 Å². The van der Waals surface area contributed by atoms with E-state index in [2.05, 4.69) is 0 Å². The minimum atomic E-state index is -0.679. The third kappa shape index (κ3) is 8.37. The van der Waals surface area contributed by atoms with Gasteiger partial charge in [0.15, 0.2) is 0 Å². The molecule has 1 aromatic carbocycles. The summed E-state index contributed by atoms with van der Waals surface area (Å²) >= 11 is 0. The Kier molecular flexibility index (Phi) is 8.18. The zero-order chi connectivity index (χ0) is 18.9. The van der Waals surface area contributed by atoms with Gasteiger partial charge < -0.3 is 19.3 Å². The number of hydrogen-bond acceptors (Lipinski definition) is 4. The molecule has 0 aromatic heterocycles. The van der Waals surface area contributed by atoms with Crippen molar-refractivity contribution in [2.75, 3.05) is 33.4 Å². The fourth-order valence-electron chi connectivity index (χ4n) is 1.91. The summed E-state index contributed by atoms with van der Waals surface area (Å²) in [5.41, 5.74) is 0.226. The van der Waals surface area contributed by atoms with Crippen LogP contribution in [0.2, 0.25) is 0 Å². The van der Waals surface area contributed by atoms with Crippen LogP contribution >= 0.6 is 0 Å². The number of likely N-dealkylation sites (N-methyl/N-ethyl adjacent to an activating group) is 1. The lowest BCUT2D eigenvalue weighted by Gasteiger charge is -2.28. The highest BCUT2D eigenvalue weighted by Crippen LogP contribution is 2.10. The summed E-state index contributed by atoms with van der Waals surface area (Å²) in [5, 5.41) is 0. The van der Waals surface area contributed by atoms with Crippen molar-refractivity contribution in [3.8, 4) is 0 Å². The van der Waals surface area contributed by atoms with E-state index in [9.17, 15) is 14.0 Å². The Bertz CT molecular complexity index is 546. The van der Waals surface area contributed by atoms with Crippen LogP contribution in [0.4, 0.5) is 14.0 Å². The molecule has 1 aromatic rings. The van der Waals surface area contributed by atoms with Crippen molar-refractivity contribution in [2.45, 2.75) is 33.0 Å². The Morgan fingerprint density at radius 2 is 1.68 bits per heavy atom. The van der Waals surface area contributed by atoms with E-state index < -0.39 is 24.5 Å². The van der Waals surface area contributed by atoms with Crippen molar-refractivity contribution < 1.29 is 23.5 Å². The Morgan fingerprint density at radius 3 is 2.24 bits per heavy atom. The first-order valence-electron chi connectivity index (χ1n) is 8.18. The minimum Gasteiger partial charge on any atom is -0.445 e. The third-order valence-electron chi connectivity index (χ3n) is 3.23. The third-order valence-corrected chi connectivity index (χ3v) is 3.23. The number of carbonyl (C=O) groups is 2. The molecule has 0 saturated carbocycles. The van der Waals surface area contributed by atoms with Gasteiger partial charge >= 0.3 is 12.2 Å². The minimum absolute atomic E-state index is 0.0815. The van der Waals surface area contributed by atoms with Crippen molar-refractivity contribution in [3.05, 3.63) is 35.9 Å². The quantitative estimate of drug-likeness (QED) is 0.752. The van der Waals surface area contributed by atoms with Crippen LogP contribution in [0, 0.1) is 0 Å². The molecule has 0 spiro atoms. The Morgan fingerprint density at radius 1 is 1.04 bits per heavy atom. The number of rotatable bonds is 7. The molecular weight excluding hydrogens is 327 g/mol. The van der Waals surface area contributed by atoms with Crippen molar-refractivity contribution in [1.82, 2.24) is 9.80 Å². The molecule has 0 N–H and O–H groups in total. The van der Waals surface area contributed by atoms with E-state index in [0.717, 1.165) is 5.56 Å². The number of hydrogen-bond donors (Lipinski definition) is 0. The molecule has 0 aliphatic carbocycles. The van der Waals surface area contributed by atoms with Crippen LogP contribution < -0.4 is 0 Å². The topological polar surface area (TPSA) is 59.1 Å². The van der Waals surface area contributed by atoms with E-state index in [0.29, 0.717) is 0 Å². The van der Waals surface area contributed by atoms with Gasteiger partial charge in [-0.25, -0.2) is 14.0 Å². The number of ether oxygens (including phenoxy) is 2. The van der Waals surface area contributed by atoms with E-state index in [1.165, 1.54) is 9.80 Å². The largest absolute Gasteiger partial charge is 0.445 e. The molecule has 1 rings (SSSR count). The molecule has 2 amide bonds. The molecule has 7 heteroatoms. The smallest absolute Gasteiger partial charge is 0.410 e. The number of amides is 2. The number of alkyl halides is 1. The SMILES string of the molecule is CN(CCN(CCF)C(=O)OC(C)(C)C)C(=O)OCc1ccccc1. The van der Waals surface area contributed by atoms with Gasteiger partial charge in [-0.2, -0.15) is 0 Å². The predicted octanol–water partition coefficient (Wildman–Crippen LogP) is 3.46. The van der Waals surface area contributed by atoms with E-state index in [1.807, 2.05) is 30.3 Å². The fraction of sp³-hybridized carbons (Fsp3) is 0.556. The van der Waals surface area contributed by atoms with Gasteiger partial charge in [0, 0.05) is 20.1 Å². The molecule has 0 radical (unpaired) electrons. The van der Waals surface area contributed by atoms with E-state index in [-0.39, 0.29) is 26.2 Å². The molecule has 0 aliphatic rings. The molecule has 6 nitrogen and oxygen atoms in total. The molecule has 0 heterocycles. The molecule has 0 fully saturated rings. The second-order valence-corrected chi connectivity index (χ2v) is 6.62. The Hall–Kier alpha value is -2.31. The average Bonchev–Trinajstić information content (AvgIpc) is 2.55. The van der Waals surface area contributed by atoms with Crippen LogP contribution in [-0.4, -0.2) is 60.9 Å². The van der Waals surface area contributed by atoms with E-state index >= 15 is 0 Å². The normalized spacial score (nSPS) is 10.9. The van der Waals surface area contributed by atoms with Crippen LogP contribution in [-0.2, 0) is 16.1 Å². The summed E-state index contributed by atoms with van der Waals surface area (Å²) < 4.78 is 23.1. The number of benzene rings is 1. The highest BCUT2D eigenvalue weighted by atomic mass is 19.1. The highest BCUT2D eigenvalue weighted by Gasteiger charge is 2.22. The summed E-state index contributed by atoms with van der Waals surface area (Å²) in [6.45, 7) is 5.01. The van der Waals surface area contributed by atoms with E-state index in [4.69, 9.17) is 9.47 Å². The van der Waals surface area contributed by atoms with Gasteiger partial charge in [-0.05, 0) is 26.3 Å². The van der Waals surface area contributed by atoms with Crippen LogP contribution in [0.3, 0.4) is 0 Å². The Balaban J connectivity index is 2.46. The van der Waals surface area contributed by atoms with Crippen molar-refractivity contribution >= 4 is 12.2 Å². The first kappa shape index (κ1) is 20.7. The summed E-state index contributed by atoms with van der Waals surface area (Å²) in [7, 11) is 1.57. The lowest BCUT2D eigenvalue weighted by Crippen LogP contribution is -2.43. The maximum atomic E-state index is 12.7. The molecule has 140 valence electrons. The summed E-state index contributed by atoms with van der Waals surface area (Å²) in [4.78, 5) is 26.6. The molecule has 0 aliphatic heterocycles. The van der Waals surface area contributed by atoms with Crippen molar-refractivity contribution in [2.24, 2.45) is 0 Å². The fourth-order valence-corrected chi connectivity index (χ4v) is 1.91. The number of halogens is 1. The van der Waals surface area contributed by atoms with Gasteiger partial charge in [0.2, 0.25) is 0 Å². The lowest BCUT2D eigenvalue weighted by atomic mass is 10.2.